The van der Waals surface area contributed by atoms with Crippen LogP contribution in [0, 0.1) is 0 Å². The van der Waals surface area contributed by atoms with E-state index in [1.54, 1.807) is 0 Å². The summed E-state index contributed by atoms with van der Waals surface area (Å²) in [5.74, 6) is 1.43. The second kappa shape index (κ2) is 12.2. The number of para-hydroxylation sites is 1. The van der Waals surface area contributed by atoms with Gasteiger partial charge in [-0.1, -0.05) is 127 Å². The number of nitrogens with zero attached hydrogens (tertiary/aromatic N) is 2. The molecule has 5 heteroatoms. The first-order valence-electron chi connectivity index (χ1n) is 18.2. The third kappa shape index (κ3) is 5.09. The standard InChI is InChI=1S/C49H31N3O2/c1-3-10-30(11-4-1)33-20-18-31-19-21-36(27-37(31)26-33)48-50-47(32-12-5-2-6-13-32)51-49(52-48)40-15-9-17-44-46(40)39-24-22-35(29-45(39)54-44)34-23-25-43-41(28-34)38-14-7-8-16-42(38)53-43/h1-29,47H,(H,50,51,52). The van der Waals surface area contributed by atoms with Crippen molar-refractivity contribution in [1.29, 1.82) is 0 Å². The molecule has 5 nitrogen and oxygen atoms in total. The summed E-state index contributed by atoms with van der Waals surface area (Å²) in [7, 11) is 0. The Morgan fingerprint density at radius 2 is 1.09 bits per heavy atom. The zero-order valence-corrected chi connectivity index (χ0v) is 29.0. The van der Waals surface area contributed by atoms with Crippen molar-refractivity contribution in [1.82, 2.24) is 5.32 Å². The van der Waals surface area contributed by atoms with E-state index in [0.717, 1.165) is 82.9 Å². The van der Waals surface area contributed by atoms with Gasteiger partial charge in [0.2, 0.25) is 0 Å². The van der Waals surface area contributed by atoms with E-state index in [1.165, 1.54) is 16.5 Å². The van der Waals surface area contributed by atoms with Gasteiger partial charge in [-0.05, 0) is 87.1 Å². The lowest BCUT2D eigenvalue weighted by molar-refractivity contribution is 0.668. The summed E-state index contributed by atoms with van der Waals surface area (Å²) in [5.41, 5.74) is 10.9. The van der Waals surface area contributed by atoms with Gasteiger partial charge in [0.05, 0.1) is 0 Å². The van der Waals surface area contributed by atoms with E-state index in [4.69, 9.17) is 18.8 Å². The number of fused-ring (bicyclic) bond motifs is 7. The third-order valence-corrected chi connectivity index (χ3v) is 10.5. The monoisotopic (exact) mass is 693 g/mol. The second-order valence-electron chi connectivity index (χ2n) is 13.8. The van der Waals surface area contributed by atoms with E-state index in [-0.39, 0.29) is 6.17 Å². The number of aliphatic imine (C=N–C) groups is 2. The van der Waals surface area contributed by atoms with Gasteiger partial charge in [0.15, 0.2) is 5.84 Å². The van der Waals surface area contributed by atoms with Gasteiger partial charge in [-0.3, -0.25) is 0 Å². The van der Waals surface area contributed by atoms with E-state index < -0.39 is 0 Å². The molecule has 54 heavy (non-hydrogen) atoms. The van der Waals surface area contributed by atoms with Crippen molar-refractivity contribution in [3.8, 4) is 22.3 Å². The third-order valence-electron chi connectivity index (χ3n) is 10.5. The summed E-state index contributed by atoms with van der Waals surface area (Å²) < 4.78 is 12.7. The maximum atomic E-state index is 6.57. The molecule has 2 aromatic heterocycles. The fraction of sp³-hybridized carbons (Fsp3) is 0.0204. The molecule has 10 aromatic rings. The van der Waals surface area contributed by atoms with Gasteiger partial charge in [-0.2, -0.15) is 0 Å². The first-order chi connectivity index (χ1) is 26.7. The second-order valence-corrected chi connectivity index (χ2v) is 13.8. The number of hydrogen-bond acceptors (Lipinski definition) is 5. The van der Waals surface area contributed by atoms with Gasteiger partial charge in [-0.25, -0.2) is 9.98 Å². The molecule has 8 aromatic carbocycles. The fourth-order valence-corrected chi connectivity index (χ4v) is 7.82. The number of rotatable bonds is 5. The molecular weight excluding hydrogens is 663 g/mol. The highest BCUT2D eigenvalue weighted by Crippen LogP contribution is 2.38. The molecule has 254 valence electrons. The zero-order chi connectivity index (χ0) is 35.6. The van der Waals surface area contributed by atoms with Crippen molar-refractivity contribution in [3.63, 3.8) is 0 Å². The Labute approximate surface area is 310 Å². The van der Waals surface area contributed by atoms with Crippen LogP contribution in [0.25, 0.3) is 76.9 Å². The smallest absolute Gasteiger partial charge is 0.160 e. The zero-order valence-electron chi connectivity index (χ0n) is 29.0. The Bertz CT molecular complexity index is 3140. The predicted octanol–water partition coefficient (Wildman–Crippen LogP) is 12.5. The van der Waals surface area contributed by atoms with Crippen LogP contribution in [-0.4, -0.2) is 11.7 Å². The van der Waals surface area contributed by atoms with Crippen LogP contribution in [0.15, 0.2) is 195 Å². The van der Waals surface area contributed by atoms with Crippen molar-refractivity contribution in [3.05, 3.63) is 193 Å². The molecule has 0 amide bonds. The molecule has 0 fully saturated rings. The molecule has 0 bridgehead atoms. The Balaban J connectivity index is 1.03. The molecule has 0 radical (unpaired) electrons. The molecule has 0 saturated carbocycles. The molecule has 1 aliphatic rings. The van der Waals surface area contributed by atoms with E-state index in [1.807, 2.05) is 54.6 Å². The average molecular weight is 694 g/mol. The Morgan fingerprint density at radius 3 is 1.98 bits per heavy atom. The largest absolute Gasteiger partial charge is 0.456 e. The number of hydrogen-bond donors (Lipinski definition) is 1. The van der Waals surface area contributed by atoms with Gasteiger partial charge < -0.3 is 14.2 Å². The Morgan fingerprint density at radius 1 is 0.426 bits per heavy atom. The topological polar surface area (TPSA) is 63.0 Å². The molecule has 3 heterocycles. The minimum absolute atomic E-state index is 0.325. The molecule has 1 aliphatic heterocycles. The molecule has 0 aliphatic carbocycles. The summed E-state index contributed by atoms with van der Waals surface area (Å²) in [6.45, 7) is 0. The lowest BCUT2D eigenvalue weighted by Crippen LogP contribution is -2.33. The molecule has 0 spiro atoms. The number of furan rings is 2. The van der Waals surface area contributed by atoms with Crippen LogP contribution >= 0.6 is 0 Å². The van der Waals surface area contributed by atoms with E-state index >= 15 is 0 Å². The van der Waals surface area contributed by atoms with E-state index in [2.05, 4.69) is 127 Å². The number of benzene rings is 8. The van der Waals surface area contributed by atoms with Gasteiger partial charge in [0, 0.05) is 32.7 Å². The average Bonchev–Trinajstić information content (AvgIpc) is 3.81. The minimum Gasteiger partial charge on any atom is -0.456 e. The summed E-state index contributed by atoms with van der Waals surface area (Å²) in [6.07, 6.45) is -0.325. The molecule has 0 saturated heterocycles. The SMILES string of the molecule is c1ccc(-c2ccc3ccc(C4=NC(c5cccc6oc7cc(-c8ccc9oc%10ccccc%10c9c8)ccc7c56)=NC(c5ccccc5)N4)cc3c2)cc1. The quantitative estimate of drug-likeness (QED) is 0.195. The summed E-state index contributed by atoms with van der Waals surface area (Å²) >= 11 is 0. The van der Waals surface area contributed by atoms with Crippen molar-refractivity contribution >= 4 is 66.3 Å². The Kier molecular flexibility index (Phi) is 6.85. The van der Waals surface area contributed by atoms with Crippen molar-refractivity contribution < 1.29 is 8.83 Å². The number of amidine groups is 2. The van der Waals surface area contributed by atoms with Gasteiger partial charge in [0.25, 0.3) is 0 Å². The molecule has 11 rings (SSSR count). The van der Waals surface area contributed by atoms with E-state index in [9.17, 15) is 0 Å². The first-order valence-corrected chi connectivity index (χ1v) is 18.2. The van der Waals surface area contributed by atoms with Crippen LogP contribution in [0.3, 0.4) is 0 Å². The van der Waals surface area contributed by atoms with Crippen LogP contribution in [0.5, 0.6) is 0 Å². The lowest BCUT2D eigenvalue weighted by atomic mass is 9.99. The number of nitrogens with one attached hydrogen (secondary N) is 1. The van der Waals surface area contributed by atoms with Crippen LogP contribution in [0.2, 0.25) is 0 Å². The van der Waals surface area contributed by atoms with Crippen LogP contribution in [-0.2, 0) is 0 Å². The summed E-state index contributed by atoms with van der Waals surface area (Å²) in [4.78, 5) is 10.5. The molecular formula is C49H31N3O2. The van der Waals surface area contributed by atoms with E-state index in [0.29, 0.717) is 5.84 Å². The van der Waals surface area contributed by atoms with Gasteiger partial charge in [0.1, 0.15) is 34.3 Å². The van der Waals surface area contributed by atoms with Crippen molar-refractivity contribution in [2.24, 2.45) is 9.98 Å². The van der Waals surface area contributed by atoms with Gasteiger partial charge >= 0.3 is 0 Å². The van der Waals surface area contributed by atoms with Crippen LogP contribution in [0.4, 0.5) is 0 Å². The first kappa shape index (κ1) is 30.4. The molecule has 1 unspecified atom stereocenters. The molecule has 1 N–H and O–H groups in total. The highest BCUT2D eigenvalue weighted by Gasteiger charge is 2.24. The maximum absolute atomic E-state index is 6.57. The summed E-state index contributed by atoms with van der Waals surface area (Å²) in [6, 6.07) is 61.1. The Hall–Kier alpha value is -7.24. The van der Waals surface area contributed by atoms with Crippen LogP contribution in [0.1, 0.15) is 22.9 Å². The maximum Gasteiger partial charge on any atom is 0.160 e. The van der Waals surface area contributed by atoms with Crippen molar-refractivity contribution in [2.75, 3.05) is 0 Å². The highest BCUT2D eigenvalue weighted by atomic mass is 16.3. The predicted molar refractivity (Wildman–Crippen MR) is 221 cm³/mol. The highest BCUT2D eigenvalue weighted by molar-refractivity contribution is 6.22. The fourth-order valence-electron chi connectivity index (χ4n) is 7.82. The molecule has 1 atom stereocenters. The normalized spacial score (nSPS) is 14.5. The summed E-state index contributed by atoms with van der Waals surface area (Å²) in [5, 5.41) is 10.2. The lowest BCUT2D eigenvalue weighted by Gasteiger charge is -2.24. The van der Waals surface area contributed by atoms with Gasteiger partial charge in [-0.15, -0.1) is 0 Å². The van der Waals surface area contributed by atoms with Crippen molar-refractivity contribution in [2.45, 2.75) is 6.17 Å². The van der Waals surface area contributed by atoms with Crippen LogP contribution < -0.4 is 5.32 Å². The minimum atomic E-state index is -0.325.